The molecular weight excluding hydrogens is 275 g/mol. The monoisotopic (exact) mass is 304 g/mol. The fourth-order valence-electron chi connectivity index (χ4n) is 4.16. The topological polar surface area (TPSA) is 9.23 Å². The zero-order valence-corrected chi connectivity index (χ0v) is 14.2. The summed E-state index contributed by atoms with van der Waals surface area (Å²) >= 11 is 0. The van der Waals surface area contributed by atoms with E-state index in [1.807, 2.05) is 26.0 Å². The van der Waals surface area contributed by atoms with Gasteiger partial charge in [-0.15, -0.1) is 0 Å². The molecule has 0 spiro atoms. The first-order valence-corrected chi connectivity index (χ1v) is 8.93. The van der Waals surface area contributed by atoms with Gasteiger partial charge in [0.1, 0.15) is 5.82 Å². The number of aryl methyl sites for hydroxylation is 1. The Morgan fingerprint density at radius 1 is 1.00 bits per heavy atom. The van der Waals surface area contributed by atoms with Gasteiger partial charge in [0.15, 0.2) is 0 Å². The number of hydrogen-bond acceptors (Lipinski definition) is 1. The molecule has 0 bridgehead atoms. The molecule has 122 valence electrons. The van der Waals surface area contributed by atoms with Crippen molar-refractivity contribution in [1.29, 1.82) is 0 Å². The predicted octanol–water partition coefficient (Wildman–Crippen LogP) is 5.53. The molecule has 3 rings (SSSR count). The Morgan fingerprint density at radius 3 is 2.36 bits per heavy atom. The first-order chi connectivity index (χ1) is 10.6. The van der Waals surface area contributed by atoms with Gasteiger partial charge in [-0.3, -0.25) is 0 Å². The van der Waals surface area contributed by atoms with Crippen molar-refractivity contribution in [1.82, 2.24) is 0 Å². The molecule has 2 aliphatic rings. The fraction of sp³-hybridized carbons (Fsp3) is 0.700. The summed E-state index contributed by atoms with van der Waals surface area (Å²) in [4.78, 5) is 0. The lowest BCUT2D eigenvalue weighted by molar-refractivity contribution is -0.0431. The molecule has 0 aromatic heterocycles. The highest BCUT2D eigenvalue weighted by Crippen LogP contribution is 2.38. The summed E-state index contributed by atoms with van der Waals surface area (Å²) in [6.45, 7) is 6.90. The van der Waals surface area contributed by atoms with Crippen molar-refractivity contribution < 1.29 is 9.13 Å². The Morgan fingerprint density at radius 2 is 1.73 bits per heavy atom. The maximum absolute atomic E-state index is 14.5. The van der Waals surface area contributed by atoms with Gasteiger partial charge in [-0.2, -0.15) is 0 Å². The van der Waals surface area contributed by atoms with Crippen molar-refractivity contribution >= 4 is 0 Å². The first-order valence-electron chi connectivity index (χ1n) is 8.93. The number of rotatable bonds is 2. The van der Waals surface area contributed by atoms with Crippen LogP contribution in [0.2, 0.25) is 0 Å². The van der Waals surface area contributed by atoms with E-state index in [-0.39, 0.29) is 11.7 Å². The van der Waals surface area contributed by atoms with E-state index in [0.29, 0.717) is 12.7 Å². The summed E-state index contributed by atoms with van der Waals surface area (Å²) in [5.74, 6) is 1.84. The molecule has 1 aromatic rings. The van der Waals surface area contributed by atoms with Crippen LogP contribution in [-0.2, 0) is 4.74 Å². The molecule has 0 amide bonds. The average Bonchev–Trinajstić information content (AvgIpc) is 2.54. The SMILES string of the molecule is Cc1ccc(C2CCC(C3CCC(C)CC3)OC2)c(F)c1C. The second-order valence-electron chi connectivity index (χ2n) is 7.58. The maximum Gasteiger partial charge on any atom is 0.129 e. The first kappa shape index (κ1) is 16.0. The minimum Gasteiger partial charge on any atom is -0.377 e. The summed E-state index contributed by atoms with van der Waals surface area (Å²) in [6.07, 6.45) is 7.90. The van der Waals surface area contributed by atoms with Crippen LogP contribution in [-0.4, -0.2) is 12.7 Å². The molecule has 2 fully saturated rings. The lowest BCUT2D eigenvalue weighted by atomic mass is 9.77. The van der Waals surface area contributed by atoms with Gasteiger partial charge in [0.05, 0.1) is 12.7 Å². The van der Waals surface area contributed by atoms with Gasteiger partial charge < -0.3 is 4.74 Å². The zero-order chi connectivity index (χ0) is 15.7. The molecule has 0 radical (unpaired) electrons. The predicted molar refractivity (Wildman–Crippen MR) is 88.7 cm³/mol. The van der Waals surface area contributed by atoms with E-state index >= 15 is 0 Å². The van der Waals surface area contributed by atoms with Crippen LogP contribution in [0.3, 0.4) is 0 Å². The molecule has 1 heterocycles. The number of hydrogen-bond donors (Lipinski definition) is 0. The lowest BCUT2D eigenvalue weighted by Gasteiger charge is -2.37. The van der Waals surface area contributed by atoms with E-state index in [2.05, 4.69) is 6.92 Å². The van der Waals surface area contributed by atoms with Gasteiger partial charge in [0, 0.05) is 5.92 Å². The number of benzene rings is 1. The molecule has 2 atom stereocenters. The van der Waals surface area contributed by atoms with Crippen molar-refractivity contribution in [3.63, 3.8) is 0 Å². The summed E-state index contributed by atoms with van der Waals surface area (Å²) in [5.41, 5.74) is 2.69. The van der Waals surface area contributed by atoms with Crippen LogP contribution in [0.25, 0.3) is 0 Å². The van der Waals surface area contributed by atoms with Crippen LogP contribution in [0.5, 0.6) is 0 Å². The zero-order valence-electron chi connectivity index (χ0n) is 14.2. The van der Waals surface area contributed by atoms with Crippen molar-refractivity contribution in [3.8, 4) is 0 Å². The average molecular weight is 304 g/mol. The Kier molecular flexibility index (Phi) is 4.87. The number of ether oxygens (including phenoxy) is 1. The smallest absolute Gasteiger partial charge is 0.129 e. The quantitative estimate of drug-likeness (QED) is 0.698. The highest BCUT2D eigenvalue weighted by atomic mass is 19.1. The molecule has 1 aliphatic heterocycles. The minimum atomic E-state index is -0.0152. The third-order valence-corrected chi connectivity index (χ3v) is 6.02. The highest BCUT2D eigenvalue weighted by molar-refractivity contribution is 5.34. The molecule has 1 saturated carbocycles. The van der Waals surface area contributed by atoms with Crippen LogP contribution >= 0.6 is 0 Å². The van der Waals surface area contributed by atoms with Gasteiger partial charge in [0.25, 0.3) is 0 Å². The van der Waals surface area contributed by atoms with Gasteiger partial charge in [0.2, 0.25) is 0 Å². The van der Waals surface area contributed by atoms with Crippen molar-refractivity contribution in [2.75, 3.05) is 6.61 Å². The van der Waals surface area contributed by atoms with E-state index in [4.69, 9.17) is 4.74 Å². The molecular formula is C20H29FO. The highest BCUT2D eigenvalue weighted by Gasteiger charge is 2.32. The second kappa shape index (κ2) is 6.70. The lowest BCUT2D eigenvalue weighted by Crippen LogP contribution is -2.33. The normalized spacial score (nSPS) is 32.9. The Hall–Kier alpha value is -0.890. The van der Waals surface area contributed by atoms with Crippen LogP contribution in [0.1, 0.15) is 68.1 Å². The summed E-state index contributed by atoms with van der Waals surface area (Å²) in [7, 11) is 0. The third-order valence-electron chi connectivity index (χ3n) is 6.02. The molecule has 0 N–H and O–H groups in total. The van der Waals surface area contributed by atoms with Crippen molar-refractivity contribution in [2.45, 2.75) is 71.3 Å². The van der Waals surface area contributed by atoms with Crippen LogP contribution in [0.4, 0.5) is 4.39 Å². The summed E-state index contributed by atoms with van der Waals surface area (Å²) in [5, 5.41) is 0. The largest absolute Gasteiger partial charge is 0.377 e. The van der Waals surface area contributed by atoms with E-state index in [9.17, 15) is 4.39 Å². The molecule has 2 unspecified atom stereocenters. The van der Waals surface area contributed by atoms with E-state index < -0.39 is 0 Å². The summed E-state index contributed by atoms with van der Waals surface area (Å²) in [6, 6.07) is 4.01. The van der Waals surface area contributed by atoms with Crippen molar-refractivity contribution in [2.24, 2.45) is 11.8 Å². The van der Waals surface area contributed by atoms with Gasteiger partial charge in [-0.1, -0.05) is 31.9 Å². The molecule has 1 saturated heterocycles. The van der Waals surface area contributed by atoms with Gasteiger partial charge >= 0.3 is 0 Å². The fourth-order valence-corrected chi connectivity index (χ4v) is 4.16. The Bertz CT molecular complexity index is 509. The standard InChI is InChI=1S/C20H29FO/c1-13-4-7-16(8-5-13)19-11-9-17(12-22-19)18-10-6-14(2)15(3)20(18)21/h6,10,13,16-17,19H,4-5,7-9,11-12H2,1-3H3. The maximum atomic E-state index is 14.5. The Balaban J connectivity index is 1.61. The minimum absolute atomic E-state index is 0.0152. The Labute approximate surface area is 134 Å². The number of halogens is 1. The second-order valence-corrected chi connectivity index (χ2v) is 7.58. The van der Waals surface area contributed by atoms with Crippen LogP contribution in [0, 0.1) is 31.5 Å². The van der Waals surface area contributed by atoms with Crippen LogP contribution in [0.15, 0.2) is 12.1 Å². The molecule has 22 heavy (non-hydrogen) atoms. The van der Waals surface area contributed by atoms with E-state index in [1.165, 1.54) is 25.7 Å². The summed E-state index contributed by atoms with van der Waals surface area (Å²) < 4.78 is 20.7. The molecule has 2 heteroatoms. The molecule has 1 aromatic carbocycles. The molecule has 1 aliphatic carbocycles. The van der Waals surface area contributed by atoms with Crippen molar-refractivity contribution in [3.05, 3.63) is 34.6 Å². The van der Waals surface area contributed by atoms with Crippen LogP contribution < -0.4 is 0 Å². The third kappa shape index (κ3) is 3.22. The van der Waals surface area contributed by atoms with E-state index in [0.717, 1.165) is 41.4 Å². The van der Waals surface area contributed by atoms with E-state index in [1.54, 1.807) is 0 Å². The van der Waals surface area contributed by atoms with Gasteiger partial charge in [-0.05, 0) is 68.1 Å². The molecule has 1 nitrogen and oxygen atoms in total. The van der Waals surface area contributed by atoms with Gasteiger partial charge in [-0.25, -0.2) is 4.39 Å².